The number of nitrogens with zero attached hydrogens (tertiary/aromatic N) is 3. The number of nitrogens with one attached hydrogen (secondary N) is 3. The van der Waals surface area contributed by atoms with Crippen molar-refractivity contribution in [3.8, 4) is 11.3 Å². The molecule has 15 heteroatoms. The monoisotopic (exact) mass is 680 g/mol. The first-order valence-electron chi connectivity index (χ1n) is 14.0. The zero-order valence-electron chi connectivity index (χ0n) is 24.7. The molecule has 0 spiro atoms. The van der Waals surface area contributed by atoms with Crippen LogP contribution >= 0.6 is 23.1 Å². The number of benzene rings is 4. The van der Waals surface area contributed by atoms with E-state index >= 15 is 0 Å². The molecule has 0 atom stereocenters. The summed E-state index contributed by atoms with van der Waals surface area (Å²) in [7, 11) is 0. The smallest absolute Gasteiger partial charge is 0.272 e. The molecule has 5 aromatic rings. The van der Waals surface area contributed by atoms with Gasteiger partial charge >= 0.3 is 0 Å². The van der Waals surface area contributed by atoms with Crippen LogP contribution in [0.15, 0.2) is 119 Å². The maximum absolute atomic E-state index is 13.4. The van der Waals surface area contributed by atoms with Crippen LogP contribution in [0.1, 0.15) is 15.9 Å². The fourth-order valence-electron chi connectivity index (χ4n) is 4.21. The second-order valence-electron chi connectivity index (χ2n) is 9.89. The average molecular weight is 681 g/mol. The third-order valence-corrected chi connectivity index (χ3v) is 8.26. The molecule has 1 aromatic heterocycles. The minimum Gasteiger partial charge on any atom is -0.321 e. The summed E-state index contributed by atoms with van der Waals surface area (Å²) in [6.45, 7) is 0. The maximum Gasteiger partial charge on any atom is 0.272 e. The van der Waals surface area contributed by atoms with Gasteiger partial charge in [0.2, 0.25) is 5.91 Å². The molecule has 0 aliphatic heterocycles. The Balaban J connectivity index is 1.23. The molecule has 0 unspecified atom stereocenters. The molecular formula is C33H24N6O7S2. The number of aromatic nitrogens is 1. The van der Waals surface area contributed by atoms with E-state index in [1.807, 2.05) is 0 Å². The third-order valence-electron chi connectivity index (χ3n) is 6.51. The Morgan fingerprint density at radius 2 is 1.54 bits per heavy atom. The van der Waals surface area contributed by atoms with Crippen molar-refractivity contribution in [2.24, 2.45) is 0 Å². The largest absolute Gasteiger partial charge is 0.321 e. The number of hydrogen-bond donors (Lipinski definition) is 3. The molecule has 1 heterocycles. The molecule has 13 nitrogen and oxygen atoms in total. The Labute approximate surface area is 281 Å². The zero-order valence-corrected chi connectivity index (χ0v) is 26.3. The van der Waals surface area contributed by atoms with Gasteiger partial charge in [-0.3, -0.25) is 34.6 Å². The molecule has 3 N–H and O–H groups in total. The molecule has 0 radical (unpaired) electrons. The summed E-state index contributed by atoms with van der Waals surface area (Å²) in [5.41, 5.74) is 1.96. The number of rotatable bonds is 12. The third kappa shape index (κ3) is 8.96. The normalized spacial score (nSPS) is 11.0. The Morgan fingerprint density at radius 3 is 2.27 bits per heavy atom. The van der Waals surface area contributed by atoms with E-state index in [-0.39, 0.29) is 28.7 Å². The fraction of sp³-hybridized carbons (Fsp3) is 0.0303. The van der Waals surface area contributed by atoms with E-state index in [4.69, 9.17) is 0 Å². The summed E-state index contributed by atoms with van der Waals surface area (Å²) < 4.78 is 0. The van der Waals surface area contributed by atoms with Gasteiger partial charge in [0.15, 0.2) is 5.13 Å². The summed E-state index contributed by atoms with van der Waals surface area (Å²) in [5.74, 6) is -1.46. The highest BCUT2D eigenvalue weighted by molar-refractivity contribution is 8.00. The highest BCUT2D eigenvalue weighted by Crippen LogP contribution is 2.28. The van der Waals surface area contributed by atoms with Gasteiger partial charge in [-0.2, -0.15) is 0 Å². The van der Waals surface area contributed by atoms with Gasteiger partial charge in [0, 0.05) is 51.4 Å². The van der Waals surface area contributed by atoms with Gasteiger partial charge in [-0.25, -0.2) is 4.98 Å². The summed E-state index contributed by atoms with van der Waals surface area (Å²) in [5, 5.41) is 32.3. The van der Waals surface area contributed by atoms with Crippen molar-refractivity contribution >= 4 is 69.1 Å². The van der Waals surface area contributed by atoms with Crippen molar-refractivity contribution in [1.29, 1.82) is 0 Å². The van der Waals surface area contributed by atoms with Gasteiger partial charge in [-0.1, -0.05) is 36.4 Å². The van der Waals surface area contributed by atoms with Gasteiger partial charge in [0.1, 0.15) is 5.70 Å². The molecule has 4 aromatic carbocycles. The Hall–Kier alpha value is -6.19. The number of non-ortho nitro benzene ring substituents is 2. The molecule has 0 bridgehead atoms. The van der Waals surface area contributed by atoms with Crippen molar-refractivity contribution in [1.82, 2.24) is 10.3 Å². The lowest BCUT2D eigenvalue weighted by molar-refractivity contribution is -0.385. The predicted molar refractivity (Wildman–Crippen MR) is 184 cm³/mol. The van der Waals surface area contributed by atoms with Gasteiger partial charge in [0.05, 0.1) is 21.3 Å². The van der Waals surface area contributed by atoms with E-state index in [0.717, 1.165) is 0 Å². The van der Waals surface area contributed by atoms with E-state index < -0.39 is 21.7 Å². The number of anilines is 2. The van der Waals surface area contributed by atoms with E-state index in [0.29, 0.717) is 38.1 Å². The van der Waals surface area contributed by atoms with Crippen LogP contribution in [0.3, 0.4) is 0 Å². The van der Waals surface area contributed by atoms with E-state index in [2.05, 4.69) is 20.9 Å². The number of hydrogen-bond acceptors (Lipinski definition) is 10. The first-order chi connectivity index (χ1) is 23.1. The molecule has 48 heavy (non-hydrogen) atoms. The van der Waals surface area contributed by atoms with Gasteiger partial charge in [-0.05, 0) is 54.1 Å². The SMILES string of the molecule is O=C(CSc1cccc(NC(=O)/C(=C\c2ccc([N+](=O)[O-])cc2)NC(=O)c2ccccc2)c1)Nc1nc(-c2cccc([N+](=O)[O-])c2)cs1. The van der Waals surface area contributed by atoms with Crippen molar-refractivity contribution in [3.63, 3.8) is 0 Å². The lowest BCUT2D eigenvalue weighted by Crippen LogP contribution is -2.30. The molecule has 0 saturated carbocycles. The average Bonchev–Trinajstić information content (AvgIpc) is 3.56. The number of nitro benzene ring substituents is 2. The summed E-state index contributed by atoms with van der Waals surface area (Å²) >= 11 is 2.41. The van der Waals surface area contributed by atoms with Crippen LogP contribution in [0.5, 0.6) is 0 Å². The molecule has 5 rings (SSSR count). The Kier molecular flexibility index (Phi) is 10.6. The van der Waals surface area contributed by atoms with Crippen LogP contribution in [0.4, 0.5) is 22.2 Å². The lowest BCUT2D eigenvalue weighted by Gasteiger charge is -2.12. The maximum atomic E-state index is 13.4. The van der Waals surface area contributed by atoms with Crippen LogP contribution in [0.25, 0.3) is 17.3 Å². The van der Waals surface area contributed by atoms with Crippen LogP contribution in [0.2, 0.25) is 0 Å². The molecule has 240 valence electrons. The second-order valence-corrected chi connectivity index (χ2v) is 11.8. The van der Waals surface area contributed by atoms with Gasteiger partial charge < -0.3 is 16.0 Å². The number of carbonyl (C=O) groups excluding carboxylic acids is 3. The number of amides is 3. The molecule has 0 aliphatic rings. The van der Waals surface area contributed by atoms with E-state index in [9.17, 15) is 34.6 Å². The summed E-state index contributed by atoms with van der Waals surface area (Å²) in [6.07, 6.45) is 1.41. The van der Waals surface area contributed by atoms with Crippen molar-refractivity contribution in [3.05, 3.63) is 146 Å². The first-order valence-corrected chi connectivity index (χ1v) is 15.9. The van der Waals surface area contributed by atoms with Crippen molar-refractivity contribution in [2.45, 2.75) is 4.90 Å². The minimum atomic E-state index is -0.638. The highest BCUT2D eigenvalue weighted by atomic mass is 32.2. The zero-order chi connectivity index (χ0) is 34.0. The van der Waals surface area contributed by atoms with Gasteiger partial charge in [-0.15, -0.1) is 23.1 Å². The Bertz CT molecular complexity index is 2030. The Morgan fingerprint density at radius 1 is 0.812 bits per heavy atom. The standard InChI is InChI=1S/C33H24N6O7S2/c40-30(37-33-36-29(19-48-33)23-8-4-10-26(17-23)39(45)46)20-47-27-11-5-9-24(18-27)34-32(42)28(35-31(41)22-6-2-1-3-7-22)16-21-12-14-25(15-13-21)38(43)44/h1-19H,20H2,(H,34,42)(H,35,41)(H,36,37,40)/b28-16+. The highest BCUT2D eigenvalue weighted by Gasteiger charge is 2.17. The quantitative estimate of drug-likeness (QED) is 0.0553. The molecule has 0 aliphatic carbocycles. The number of thioether (sulfide) groups is 1. The van der Waals surface area contributed by atoms with Crippen LogP contribution in [0, 0.1) is 20.2 Å². The molecule has 0 fully saturated rings. The van der Waals surface area contributed by atoms with Crippen LogP contribution in [-0.2, 0) is 9.59 Å². The molecule has 0 saturated heterocycles. The fourth-order valence-corrected chi connectivity index (χ4v) is 5.70. The minimum absolute atomic E-state index is 0.0293. The van der Waals surface area contributed by atoms with E-state index in [1.165, 1.54) is 65.6 Å². The topological polar surface area (TPSA) is 186 Å². The van der Waals surface area contributed by atoms with E-state index in [1.54, 1.807) is 72.1 Å². The van der Waals surface area contributed by atoms with Crippen molar-refractivity contribution < 1.29 is 24.2 Å². The first kappa shape index (κ1) is 33.2. The van der Waals surface area contributed by atoms with Crippen LogP contribution < -0.4 is 16.0 Å². The summed E-state index contributed by atoms with van der Waals surface area (Å²) in [6, 6.07) is 26.7. The summed E-state index contributed by atoms with van der Waals surface area (Å²) in [4.78, 5) is 65.1. The lowest BCUT2D eigenvalue weighted by atomic mass is 10.1. The second kappa shape index (κ2) is 15.4. The van der Waals surface area contributed by atoms with Gasteiger partial charge in [0.25, 0.3) is 23.2 Å². The van der Waals surface area contributed by atoms with Crippen LogP contribution in [-0.4, -0.2) is 38.3 Å². The number of nitro groups is 2. The molecule has 3 amide bonds. The molecular weight excluding hydrogens is 657 g/mol. The number of thiazole rings is 1. The van der Waals surface area contributed by atoms with Crippen molar-refractivity contribution in [2.75, 3.05) is 16.4 Å². The number of carbonyl (C=O) groups is 3. The predicted octanol–water partition coefficient (Wildman–Crippen LogP) is 6.77.